The zero-order valence-electron chi connectivity index (χ0n) is 11.6. The van der Waals surface area contributed by atoms with Crippen LogP contribution in [0.3, 0.4) is 0 Å². The number of nitrogens with zero attached hydrogens (tertiary/aromatic N) is 3. The van der Waals surface area contributed by atoms with E-state index in [2.05, 4.69) is 20.3 Å². The van der Waals surface area contributed by atoms with Crippen LogP contribution in [0, 0.1) is 0 Å². The molecule has 122 valence electrons. The number of halogens is 4. The van der Waals surface area contributed by atoms with Gasteiger partial charge >= 0.3 is 6.18 Å². The number of amides is 1. The maximum Gasteiger partial charge on any atom is 0.417 e. The lowest BCUT2D eigenvalue weighted by molar-refractivity contribution is -0.137. The molecule has 0 aliphatic rings. The minimum Gasteiger partial charge on any atom is -0.294 e. The Morgan fingerprint density at radius 1 is 1.30 bits per heavy atom. The van der Waals surface area contributed by atoms with Crippen LogP contribution in [0.2, 0.25) is 5.02 Å². The number of thioether (sulfide) groups is 1. The van der Waals surface area contributed by atoms with E-state index in [9.17, 15) is 18.0 Å². The number of hydrogen-bond acceptors (Lipinski definition) is 5. The molecule has 0 unspecified atom stereocenters. The van der Waals surface area contributed by atoms with Crippen LogP contribution in [0.1, 0.15) is 12.5 Å². The highest BCUT2D eigenvalue weighted by molar-refractivity contribution is 8.00. The first-order valence-electron chi connectivity index (χ1n) is 6.24. The Hall–Kier alpha value is -1.87. The molecule has 2 aromatic rings. The molecule has 0 aromatic carbocycles. The smallest absolute Gasteiger partial charge is 0.294 e. The molecule has 0 aliphatic heterocycles. The second-order valence-corrected chi connectivity index (χ2v) is 6.07. The molecule has 2 heterocycles. The number of nitrogens with one attached hydrogen (secondary N) is 1. The van der Waals surface area contributed by atoms with Crippen molar-refractivity contribution in [1.29, 1.82) is 0 Å². The lowest BCUT2D eigenvalue weighted by atomic mass is 10.3. The van der Waals surface area contributed by atoms with E-state index < -0.39 is 22.9 Å². The van der Waals surface area contributed by atoms with Crippen LogP contribution in [0.15, 0.2) is 35.7 Å². The summed E-state index contributed by atoms with van der Waals surface area (Å²) in [6, 6.07) is 2.38. The van der Waals surface area contributed by atoms with Crippen molar-refractivity contribution < 1.29 is 18.0 Å². The first kappa shape index (κ1) is 17.5. The van der Waals surface area contributed by atoms with Gasteiger partial charge in [-0.1, -0.05) is 23.4 Å². The number of carbonyl (C=O) groups excluding carboxylic acids is 1. The molecule has 0 aliphatic carbocycles. The van der Waals surface area contributed by atoms with Crippen molar-refractivity contribution >= 4 is 35.2 Å². The van der Waals surface area contributed by atoms with Crippen LogP contribution < -0.4 is 5.32 Å². The van der Waals surface area contributed by atoms with Gasteiger partial charge < -0.3 is 0 Å². The third-order valence-electron chi connectivity index (χ3n) is 2.59. The van der Waals surface area contributed by atoms with E-state index in [0.717, 1.165) is 17.8 Å². The van der Waals surface area contributed by atoms with Gasteiger partial charge in [0, 0.05) is 18.6 Å². The molecule has 10 heteroatoms. The van der Waals surface area contributed by atoms with Crippen molar-refractivity contribution in [2.45, 2.75) is 23.4 Å². The summed E-state index contributed by atoms with van der Waals surface area (Å²) < 4.78 is 37.6. The van der Waals surface area contributed by atoms with E-state index in [1.54, 1.807) is 13.0 Å². The summed E-state index contributed by atoms with van der Waals surface area (Å²) in [5.41, 5.74) is -0.943. The molecular weight excluding hydrogens is 353 g/mol. The highest BCUT2D eigenvalue weighted by Crippen LogP contribution is 2.34. The summed E-state index contributed by atoms with van der Waals surface area (Å²) in [6.07, 6.45) is -0.907. The van der Waals surface area contributed by atoms with Gasteiger partial charge in [0.25, 0.3) is 0 Å². The Morgan fingerprint density at radius 3 is 2.52 bits per heavy atom. The van der Waals surface area contributed by atoms with Gasteiger partial charge in [0.1, 0.15) is 5.03 Å². The van der Waals surface area contributed by atoms with E-state index >= 15 is 0 Å². The number of alkyl halides is 3. The highest BCUT2D eigenvalue weighted by atomic mass is 35.5. The van der Waals surface area contributed by atoms with Crippen LogP contribution in [0.5, 0.6) is 0 Å². The first-order chi connectivity index (χ1) is 10.8. The SMILES string of the molecule is C[C@@H](Sc1ncc(C(F)(F)F)cc1Cl)C(=O)Nc1ncccn1. The molecule has 0 bridgehead atoms. The Labute approximate surface area is 138 Å². The van der Waals surface area contributed by atoms with Crippen LogP contribution in [-0.4, -0.2) is 26.1 Å². The molecule has 0 fully saturated rings. The number of hydrogen-bond donors (Lipinski definition) is 1. The highest BCUT2D eigenvalue weighted by Gasteiger charge is 2.32. The minimum absolute atomic E-state index is 0.135. The summed E-state index contributed by atoms with van der Waals surface area (Å²) in [5, 5.41) is 1.80. The molecule has 1 N–H and O–H groups in total. The molecule has 23 heavy (non-hydrogen) atoms. The Bertz CT molecular complexity index is 699. The fourth-order valence-corrected chi connectivity index (χ4v) is 2.55. The number of aromatic nitrogens is 3. The van der Waals surface area contributed by atoms with E-state index in [1.807, 2.05) is 0 Å². The summed E-state index contributed by atoms with van der Waals surface area (Å²) in [5.74, 6) is -0.282. The molecule has 1 amide bonds. The number of pyridine rings is 1. The van der Waals surface area contributed by atoms with Gasteiger partial charge in [-0.25, -0.2) is 15.0 Å². The summed E-state index contributed by atoms with van der Waals surface area (Å²) in [6.45, 7) is 1.57. The van der Waals surface area contributed by atoms with Gasteiger partial charge in [0.15, 0.2) is 0 Å². The van der Waals surface area contributed by atoms with Crippen molar-refractivity contribution in [3.05, 3.63) is 41.3 Å². The average molecular weight is 363 g/mol. The summed E-state index contributed by atoms with van der Waals surface area (Å²) in [7, 11) is 0. The average Bonchev–Trinajstić information content (AvgIpc) is 2.49. The lowest BCUT2D eigenvalue weighted by Gasteiger charge is -2.12. The fourth-order valence-electron chi connectivity index (χ4n) is 1.46. The predicted molar refractivity (Wildman–Crippen MR) is 80.2 cm³/mol. The molecule has 1 atom stereocenters. The lowest BCUT2D eigenvalue weighted by Crippen LogP contribution is -2.23. The molecule has 0 saturated heterocycles. The Kier molecular flexibility index (Phi) is 5.42. The second-order valence-electron chi connectivity index (χ2n) is 4.33. The van der Waals surface area contributed by atoms with Gasteiger partial charge in [0.05, 0.1) is 15.8 Å². The number of anilines is 1. The van der Waals surface area contributed by atoms with E-state index in [0.29, 0.717) is 6.20 Å². The predicted octanol–water partition coefficient (Wildman–Crippen LogP) is 3.66. The monoisotopic (exact) mass is 362 g/mol. The zero-order chi connectivity index (χ0) is 17.0. The van der Waals surface area contributed by atoms with Gasteiger partial charge in [-0.2, -0.15) is 13.2 Å². The van der Waals surface area contributed by atoms with Crippen LogP contribution in [0.4, 0.5) is 19.1 Å². The molecular formula is C13H10ClF3N4OS. The van der Waals surface area contributed by atoms with Gasteiger partial charge in [-0.3, -0.25) is 10.1 Å². The normalized spacial score (nSPS) is 12.7. The van der Waals surface area contributed by atoms with Gasteiger partial charge in [-0.15, -0.1) is 0 Å². The van der Waals surface area contributed by atoms with E-state index in [4.69, 9.17) is 11.6 Å². The van der Waals surface area contributed by atoms with Crippen molar-refractivity contribution in [2.24, 2.45) is 0 Å². The zero-order valence-corrected chi connectivity index (χ0v) is 13.2. The maximum absolute atomic E-state index is 12.5. The number of carbonyl (C=O) groups is 1. The molecule has 0 radical (unpaired) electrons. The van der Waals surface area contributed by atoms with Crippen LogP contribution in [-0.2, 0) is 11.0 Å². The van der Waals surface area contributed by atoms with Crippen molar-refractivity contribution in [3.63, 3.8) is 0 Å². The fraction of sp³-hybridized carbons (Fsp3) is 0.231. The van der Waals surface area contributed by atoms with Crippen molar-refractivity contribution in [1.82, 2.24) is 15.0 Å². The third-order valence-corrected chi connectivity index (χ3v) is 4.11. The molecule has 2 aromatic heterocycles. The Morgan fingerprint density at radius 2 is 1.96 bits per heavy atom. The Balaban J connectivity index is 2.05. The topological polar surface area (TPSA) is 67.8 Å². The largest absolute Gasteiger partial charge is 0.417 e. The minimum atomic E-state index is -4.52. The van der Waals surface area contributed by atoms with Crippen molar-refractivity contribution in [2.75, 3.05) is 5.32 Å². The maximum atomic E-state index is 12.5. The third kappa shape index (κ3) is 4.80. The first-order valence-corrected chi connectivity index (χ1v) is 7.50. The van der Waals surface area contributed by atoms with E-state index in [-0.39, 0.29) is 16.0 Å². The molecule has 5 nitrogen and oxygen atoms in total. The standard InChI is InChI=1S/C13H10ClF3N4OS/c1-7(10(22)21-12-18-3-2-4-19-12)23-11-9(14)5-8(6-20-11)13(15,16)17/h2-7H,1H3,(H,18,19,21,22)/t7-/m1/s1. The molecule has 0 spiro atoms. The van der Waals surface area contributed by atoms with Crippen LogP contribution in [0.25, 0.3) is 0 Å². The van der Waals surface area contributed by atoms with Crippen molar-refractivity contribution in [3.8, 4) is 0 Å². The summed E-state index contributed by atoms with van der Waals surface area (Å²) >= 11 is 6.74. The van der Waals surface area contributed by atoms with Gasteiger partial charge in [-0.05, 0) is 19.1 Å². The molecule has 2 rings (SSSR count). The molecule has 0 saturated carbocycles. The van der Waals surface area contributed by atoms with Gasteiger partial charge in [0.2, 0.25) is 11.9 Å². The second kappa shape index (κ2) is 7.14. The number of rotatable bonds is 4. The summed E-state index contributed by atoms with van der Waals surface area (Å²) in [4.78, 5) is 23.4. The quantitative estimate of drug-likeness (QED) is 0.841. The van der Waals surface area contributed by atoms with E-state index in [1.165, 1.54) is 12.4 Å². The van der Waals surface area contributed by atoms with Crippen LogP contribution >= 0.6 is 23.4 Å².